The van der Waals surface area contributed by atoms with Crippen molar-refractivity contribution in [3.63, 3.8) is 0 Å². The first-order valence-corrected chi connectivity index (χ1v) is 12.2. The van der Waals surface area contributed by atoms with Crippen molar-refractivity contribution in [2.45, 2.75) is 51.8 Å². The average Bonchev–Trinajstić information content (AvgIpc) is 3.28. The van der Waals surface area contributed by atoms with Crippen molar-refractivity contribution in [2.75, 3.05) is 37.7 Å². The van der Waals surface area contributed by atoms with Gasteiger partial charge in [-0.05, 0) is 62.9 Å². The van der Waals surface area contributed by atoms with Crippen LogP contribution in [0, 0.1) is 6.92 Å². The van der Waals surface area contributed by atoms with E-state index < -0.39 is 0 Å². The van der Waals surface area contributed by atoms with Gasteiger partial charge in [0.15, 0.2) is 0 Å². The van der Waals surface area contributed by atoms with Crippen LogP contribution in [0.25, 0.3) is 11.3 Å². The molecule has 0 bridgehead atoms. The number of imidazole rings is 1. The Morgan fingerprint density at radius 2 is 1.91 bits per heavy atom. The van der Waals surface area contributed by atoms with Gasteiger partial charge in [-0.15, -0.1) is 0 Å². The van der Waals surface area contributed by atoms with Crippen LogP contribution in [0.1, 0.15) is 37.4 Å². The third-order valence-corrected chi connectivity index (χ3v) is 7.04. The van der Waals surface area contributed by atoms with Crippen molar-refractivity contribution in [1.82, 2.24) is 19.4 Å². The summed E-state index contributed by atoms with van der Waals surface area (Å²) in [5.74, 6) is 0. The molecule has 0 unspecified atom stereocenters. The lowest BCUT2D eigenvalue weighted by atomic mass is 9.96. The van der Waals surface area contributed by atoms with Crippen molar-refractivity contribution in [1.29, 1.82) is 0 Å². The molecule has 6 nitrogen and oxygen atoms in total. The second kappa shape index (κ2) is 9.65. The highest BCUT2D eigenvalue weighted by Gasteiger charge is 2.28. The third kappa shape index (κ3) is 5.28. The van der Waals surface area contributed by atoms with E-state index in [2.05, 4.69) is 69.7 Å². The Morgan fingerprint density at radius 3 is 2.64 bits per heavy atom. The standard InChI is InChI=1S/C27H35N5O/c1-22-17-24(32-14-12-30(13-15-32)18-23-7-3-5-11-28-23)8-9-25(22)26-19-31(21-29-26)20-27(2)10-4-6-16-33-27/h3,5,7-9,11,17,19,21H,4,6,10,12-16,18,20H2,1-2H3/t27-/m0/s1. The van der Waals surface area contributed by atoms with E-state index >= 15 is 0 Å². The summed E-state index contributed by atoms with van der Waals surface area (Å²) >= 11 is 0. The molecular weight excluding hydrogens is 410 g/mol. The van der Waals surface area contributed by atoms with Crippen LogP contribution in [-0.4, -0.2) is 57.8 Å². The molecular formula is C27H35N5O. The van der Waals surface area contributed by atoms with E-state index in [-0.39, 0.29) is 5.60 Å². The largest absolute Gasteiger partial charge is 0.373 e. The van der Waals surface area contributed by atoms with Crippen LogP contribution < -0.4 is 4.90 Å². The maximum atomic E-state index is 6.07. The zero-order valence-corrected chi connectivity index (χ0v) is 19.9. The number of nitrogens with zero attached hydrogens (tertiary/aromatic N) is 5. The van der Waals surface area contributed by atoms with Crippen LogP contribution in [0.4, 0.5) is 5.69 Å². The van der Waals surface area contributed by atoms with Crippen molar-refractivity contribution in [2.24, 2.45) is 0 Å². The molecule has 3 aromatic rings. The van der Waals surface area contributed by atoms with E-state index in [1.54, 1.807) is 0 Å². The highest BCUT2D eigenvalue weighted by Crippen LogP contribution is 2.29. The second-order valence-corrected chi connectivity index (χ2v) is 9.77. The minimum absolute atomic E-state index is 0.0756. The molecule has 2 aliphatic rings. The molecule has 6 heteroatoms. The molecule has 5 rings (SSSR count). The van der Waals surface area contributed by atoms with Gasteiger partial charge < -0.3 is 14.2 Å². The molecule has 1 aromatic carbocycles. The molecule has 2 saturated heterocycles. The van der Waals surface area contributed by atoms with Gasteiger partial charge in [-0.1, -0.05) is 12.1 Å². The fourth-order valence-electron chi connectivity index (χ4n) is 5.11. The Kier molecular flexibility index (Phi) is 6.47. The Hall–Kier alpha value is -2.70. The van der Waals surface area contributed by atoms with Gasteiger partial charge in [0.1, 0.15) is 0 Å². The average molecular weight is 446 g/mol. The molecule has 2 fully saturated rings. The van der Waals surface area contributed by atoms with E-state index in [1.165, 1.54) is 29.7 Å². The minimum atomic E-state index is -0.0756. The summed E-state index contributed by atoms with van der Waals surface area (Å²) < 4.78 is 8.26. The lowest BCUT2D eigenvalue weighted by Gasteiger charge is -2.36. The predicted octanol–water partition coefficient (Wildman–Crippen LogP) is 4.53. The van der Waals surface area contributed by atoms with Gasteiger partial charge in [0, 0.05) is 63.0 Å². The highest BCUT2D eigenvalue weighted by atomic mass is 16.5. The van der Waals surface area contributed by atoms with Gasteiger partial charge in [-0.2, -0.15) is 0 Å². The zero-order valence-electron chi connectivity index (χ0n) is 19.9. The third-order valence-electron chi connectivity index (χ3n) is 7.04. The normalized spacial score (nSPS) is 21.9. The van der Waals surface area contributed by atoms with Crippen LogP contribution >= 0.6 is 0 Å². The fourth-order valence-corrected chi connectivity index (χ4v) is 5.11. The van der Waals surface area contributed by atoms with Gasteiger partial charge in [0.25, 0.3) is 0 Å². The van der Waals surface area contributed by atoms with Crippen LogP contribution in [0.15, 0.2) is 55.1 Å². The summed E-state index contributed by atoms with van der Waals surface area (Å²) in [6.07, 6.45) is 9.53. The first kappa shape index (κ1) is 22.1. The van der Waals surface area contributed by atoms with Crippen LogP contribution in [-0.2, 0) is 17.8 Å². The smallest absolute Gasteiger partial charge is 0.0954 e. The van der Waals surface area contributed by atoms with Crippen molar-refractivity contribution in [3.8, 4) is 11.3 Å². The summed E-state index contributed by atoms with van der Waals surface area (Å²) in [5.41, 5.74) is 5.90. The Morgan fingerprint density at radius 1 is 1.03 bits per heavy atom. The molecule has 0 amide bonds. The molecule has 1 atom stereocenters. The molecule has 0 aliphatic carbocycles. The summed E-state index contributed by atoms with van der Waals surface area (Å²) in [6.45, 7) is 11.3. The maximum Gasteiger partial charge on any atom is 0.0954 e. The maximum absolute atomic E-state index is 6.07. The van der Waals surface area contributed by atoms with Gasteiger partial charge in [-0.25, -0.2) is 4.98 Å². The number of pyridine rings is 1. The molecule has 0 saturated carbocycles. The van der Waals surface area contributed by atoms with Crippen molar-refractivity contribution in [3.05, 3.63) is 66.4 Å². The molecule has 33 heavy (non-hydrogen) atoms. The van der Waals surface area contributed by atoms with E-state index in [4.69, 9.17) is 9.72 Å². The van der Waals surface area contributed by atoms with Gasteiger partial charge >= 0.3 is 0 Å². The lowest BCUT2D eigenvalue weighted by Crippen LogP contribution is -2.46. The highest BCUT2D eigenvalue weighted by molar-refractivity contribution is 5.67. The Balaban J connectivity index is 1.21. The van der Waals surface area contributed by atoms with Crippen molar-refractivity contribution >= 4 is 5.69 Å². The number of hydrogen-bond donors (Lipinski definition) is 0. The molecule has 0 N–H and O–H groups in total. The molecule has 2 aromatic heterocycles. The zero-order chi connectivity index (χ0) is 22.7. The molecule has 4 heterocycles. The Labute approximate surface area is 197 Å². The van der Waals surface area contributed by atoms with Crippen LogP contribution in [0.5, 0.6) is 0 Å². The molecule has 0 radical (unpaired) electrons. The van der Waals surface area contributed by atoms with Crippen LogP contribution in [0.3, 0.4) is 0 Å². The van der Waals surface area contributed by atoms with E-state index in [0.717, 1.165) is 63.7 Å². The number of benzene rings is 1. The molecule has 174 valence electrons. The minimum Gasteiger partial charge on any atom is -0.373 e. The summed E-state index contributed by atoms with van der Waals surface area (Å²) in [5, 5.41) is 0. The number of ether oxygens (including phenoxy) is 1. The van der Waals surface area contributed by atoms with Gasteiger partial charge in [0.05, 0.1) is 29.9 Å². The monoisotopic (exact) mass is 445 g/mol. The first-order valence-electron chi connectivity index (χ1n) is 12.2. The SMILES string of the molecule is Cc1cc(N2CCN(Cc3ccccn3)CC2)ccc1-c1cn(C[C@]2(C)CCCCO2)cn1. The summed E-state index contributed by atoms with van der Waals surface area (Å²) in [4.78, 5) is 14.2. The Bertz CT molecular complexity index is 1050. The van der Waals surface area contributed by atoms with Crippen molar-refractivity contribution < 1.29 is 4.74 Å². The molecule has 0 spiro atoms. The lowest BCUT2D eigenvalue weighted by molar-refractivity contribution is -0.0753. The van der Waals surface area contributed by atoms with Crippen LogP contribution in [0.2, 0.25) is 0 Å². The number of hydrogen-bond acceptors (Lipinski definition) is 5. The number of piperazine rings is 1. The van der Waals surface area contributed by atoms with E-state index in [9.17, 15) is 0 Å². The number of anilines is 1. The fraction of sp³-hybridized carbons (Fsp3) is 0.481. The van der Waals surface area contributed by atoms with Gasteiger partial charge in [0.2, 0.25) is 0 Å². The number of aryl methyl sites for hydroxylation is 1. The first-order chi connectivity index (χ1) is 16.1. The summed E-state index contributed by atoms with van der Waals surface area (Å²) in [6, 6.07) is 12.9. The summed E-state index contributed by atoms with van der Waals surface area (Å²) in [7, 11) is 0. The molecule has 2 aliphatic heterocycles. The predicted molar refractivity (Wildman–Crippen MR) is 132 cm³/mol. The quantitative estimate of drug-likeness (QED) is 0.558. The van der Waals surface area contributed by atoms with E-state index in [0.29, 0.717) is 0 Å². The second-order valence-electron chi connectivity index (χ2n) is 9.77. The number of aromatic nitrogens is 3. The van der Waals surface area contributed by atoms with E-state index in [1.807, 2.05) is 18.6 Å². The van der Waals surface area contributed by atoms with Gasteiger partial charge in [-0.3, -0.25) is 9.88 Å². The number of rotatable bonds is 6. The topological polar surface area (TPSA) is 46.4 Å².